The lowest BCUT2D eigenvalue weighted by atomic mass is 10.2. The minimum absolute atomic E-state index is 0.0523. The van der Waals surface area contributed by atoms with Gasteiger partial charge in [0.25, 0.3) is 0 Å². The molecule has 2 N–H and O–H groups in total. The SMILES string of the molecule is O=C(O)c1cc(-c2cc3ccc(Cl)cc3o2)[nH]n1. The van der Waals surface area contributed by atoms with E-state index in [1.807, 2.05) is 6.07 Å². The first kappa shape index (κ1) is 10.9. The molecule has 0 fully saturated rings. The minimum Gasteiger partial charge on any atom is -0.476 e. The molecule has 0 saturated carbocycles. The average molecular weight is 263 g/mol. The molecular formula is C12H7ClN2O3. The van der Waals surface area contributed by atoms with Crippen LogP contribution < -0.4 is 0 Å². The number of furan rings is 1. The lowest BCUT2D eigenvalue weighted by Crippen LogP contribution is -1.95. The van der Waals surface area contributed by atoms with Gasteiger partial charge in [0.2, 0.25) is 0 Å². The molecule has 3 aromatic rings. The normalized spacial score (nSPS) is 10.9. The summed E-state index contributed by atoms with van der Waals surface area (Å²) in [6.07, 6.45) is 0. The number of carboxylic acids is 1. The topological polar surface area (TPSA) is 79.1 Å². The maximum atomic E-state index is 10.7. The number of hydrogen-bond acceptors (Lipinski definition) is 3. The van der Waals surface area contributed by atoms with Crippen LogP contribution in [0.2, 0.25) is 5.02 Å². The number of halogens is 1. The first-order chi connectivity index (χ1) is 8.63. The number of rotatable bonds is 2. The minimum atomic E-state index is -1.09. The number of benzene rings is 1. The highest BCUT2D eigenvalue weighted by Crippen LogP contribution is 2.28. The van der Waals surface area contributed by atoms with Gasteiger partial charge in [-0.1, -0.05) is 11.6 Å². The van der Waals surface area contributed by atoms with E-state index in [9.17, 15) is 4.79 Å². The monoisotopic (exact) mass is 262 g/mol. The fourth-order valence-corrected chi connectivity index (χ4v) is 1.86. The molecule has 0 radical (unpaired) electrons. The van der Waals surface area contributed by atoms with E-state index < -0.39 is 5.97 Å². The second-order valence-electron chi connectivity index (χ2n) is 3.76. The molecule has 0 bridgehead atoms. The molecule has 0 spiro atoms. The number of nitrogens with zero attached hydrogens (tertiary/aromatic N) is 1. The first-order valence-electron chi connectivity index (χ1n) is 5.11. The van der Waals surface area contributed by atoms with Gasteiger partial charge < -0.3 is 9.52 Å². The Balaban J connectivity index is 2.10. The quantitative estimate of drug-likeness (QED) is 0.743. The van der Waals surface area contributed by atoms with Crippen LogP contribution in [0.1, 0.15) is 10.5 Å². The molecule has 0 aliphatic rings. The summed E-state index contributed by atoms with van der Waals surface area (Å²) < 4.78 is 5.58. The van der Waals surface area contributed by atoms with E-state index in [1.165, 1.54) is 6.07 Å². The van der Waals surface area contributed by atoms with Gasteiger partial charge >= 0.3 is 5.97 Å². The molecule has 0 aliphatic carbocycles. The van der Waals surface area contributed by atoms with E-state index in [1.54, 1.807) is 18.2 Å². The van der Waals surface area contributed by atoms with Crippen LogP contribution in [0.15, 0.2) is 34.7 Å². The summed E-state index contributed by atoms with van der Waals surface area (Å²) >= 11 is 5.86. The van der Waals surface area contributed by atoms with Gasteiger partial charge in [0, 0.05) is 22.5 Å². The summed E-state index contributed by atoms with van der Waals surface area (Å²) in [5.41, 5.74) is 1.10. The number of aromatic nitrogens is 2. The average Bonchev–Trinajstić information content (AvgIpc) is 2.93. The van der Waals surface area contributed by atoms with Crippen molar-refractivity contribution in [3.63, 3.8) is 0 Å². The van der Waals surface area contributed by atoms with Crippen LogP contribution in [0.4, 0.5) is 0 Å². The molecule has 90 valence electrons. The Morgan fingerprint density at radius 3 is 2.89 bits per heavy atom. The molecule has 0 unspecified atom stereocenters. The highest BCUT2D eigenvalue weighted by Gasteiger charge is 2.13. The lowest BCUT2D eigenvalue weighted by Gasteiger charge is -1.88. The second kappa shape index (κ2) is 3.89. The zero-order valence-electron chi connectivity index (χ0n) is 8.98. The Morgan fingerprint density at radius 1 is 1.33 bits per heavy atom. The smallest absolute Gasteiger partial charge is 0.356 e. The van der Waals surface area contributed by atoms with Crippen molar-refractivity contribution < 1.29 is 14.3 Å². The number of nitrogens with one attached hydrogen (secondary N) is 1. The van der Waals surface area contributed by atoms with Gasteiger partial charge in [0.15, 0.2) is 11.5 Å². The highest BCUT2D eigenvalue weighted by molar-refractivity contribution is 6.31. The van der Waals surface area contributed by atoms with Crippen molar-refractivity contribution in [1.29, 1.82) is 0 Å². The summed E-state index contributed by atoms with van der Waals surface area (Å²) in [4.78, 5) is 10.7. The predicted molar refractivity (Wildman–Crippen MR) is 65.8 cm³/mol. The van der Waals surface area contributed by atoms with Gasteiger partial charge in [-0.2, -0.15) is 5.10 Å². The fourth-order valence-electron chi connectivity index (χ4n) is 1.70. The number of H-pyrrole nitrogens is 1. The van der Waals surface area contributed by atoms with E-state index in [2.05, 4.69) is 10.2 Å². The fraction of sp³-hybridized carbons (Fsp3) is 0. The van der Waals surface area contributed by atoms with Gasteiger partial charge in [0.1, 0.15) is 11.3 Å². The zero-order valence-corrected chi connectivity index (χ0v) is 9.73. The number of aromatic amines is 1. The van der Waals surface area contributed by atoms with E-state index in [0.29, 0.717) is 22.1 Å². The number of aromatic carboxylic acids is 1. The number of carboxylic acid groups (broad SMARTS) is 1. The van der Waals surface area contributed by atoms with Crippen molar-refractivity contribution in [3.05, 3.63) is 41.0 Å². The van der Waals surface area contributed by atoms with Gasteiger partial charge in [-0.25, -0.2) is 4.79 Å². The highest BCUT2D eigenvalue weighted by atomic mass is 35.5. The zero-order chi connectivity index (χ0) is 12.7. The van der Waals surface area contributed by atoms with E-state index in [4.69, 9.17) is 21.1 Å². The summed E-state index contributed by atoms with van der Waals surface area (Å²) in [7, 11) is 0. The second-order valence-corrected chi connectivity index (χ2v) is 4.20. The molecule has 2 heterocycles. The molecule has 0 aliphatic heterocycles. The van der Waals surface area contributed by atoms with Crippen LogP contribution in [0.3, 0.4) is 0 Å². The van der Waals surface area contributed by atoms with Gasteiger partial charge in [-0.3, -0.25) is 5.10 Å². The standard InChI is InChI=1S/C12H7ClN2O3/c13-7-2-1-6-3-11(18-10(6)4-7)8-5-9(12(16)17)15-14-8/h1-5H,(H,14,15)(H,16,17). The van der Waals surface area contributed by atoms with Crippen molar-refractivity contribution in [3.8, 4) is 11.5 Å². The largest absolute Gasteiger partial charge is 0.476 e. The van der Waals surface area contributed by atoms with Crippen molar-refractivity contribution in [2.24, 2.45) is 0 Å². The van der Waals surface area contributed by atoms with Crippen molar-refractivity contribution in [2.75, 3.05) is 0 Å². The van der Waals surface area contributed by atoms with Gasteiger partial charge in [-0.15, -0.1) is 0 Å². The Labute approximate surface area is 106 Å². The summed E-state index contributed by atoms with van der Waals surface area (Å²) in [5, 5.41) is 16.6. The van der Waals surface area contributed by atoms with E-state index in [-0.39, 0.29) is 5.69 Å². The number of carbonyl (C=O) groups is 1. The van der Waals surface area contributed by atoms with Crippen LogP contribution >= 0.6 is 11.6 Å². The maximum Gasteiger partial charge on any atom is 0.356 e. The molecule has 2 aromatic heterocycles. The Bertz CT molecular complexity index is 745. The third-order valence-corrected chi connectivity index (χ3v) is 2.78. The van der Waals surface area contributed by atoms with Crippen LogP contribution in [0.25, 0.3) is 22.4 Å². The summed E-state index contributed by atoms with van der Waals surface area (Å²) in [6, 6.07) is 8.51. The Kier molecular flexibility index (Phi) is 2.34. The molecule has 1 aromatic carbocycles. The molecular weight excluding hydrogens is 256 g/mol. The van der Waals surface area contributed by atoms with E-state index >= 15 is 0 Å². The maximum absolute atomic E-state index is 10.7. The van der Waals surface area contributed by atoms with Crippen LogP contribution in [-0.4, -0.2) is 21.3 Å². The van der Waals surface area contributed by atoms with Gasteiger partial charge in [0.05, 0.1) is 0 Å². The van der Waals surface area contributed by atoms with Crippen molar-refractivity contribution >= 4 is 28.5 Å². The lowest BCUT2D eigenvalue weighted by molar-refractivity contribution is 0.0690. The Morgan fingerprint density at radius 2 is 2.17 bits per heavy atom. The van der Waals surface area contributed by atoms with Crippen molar-refractivity contribution in [1.82, 2.24) is 10.2 Å². The summed E-state index contributed by atoms with van der Waals surface area (Å²) in [6.45, 7) is 0. The Hall–Kier alpha value is -2.27. The number of hydrogen-bond donors (Lipinski definition) is 2. The van der Waals surface area contributed by atoms with Crippen molar-refractivity contribution in [2.45, 2.75) is 0 Å². The molecule has 6 heteroatoms. The molecule has 0 saturated heterocycles. The molecule has 3 rings (SSSR count). The van der Waals surface area contributed by atoms with E-state index in [0.717, 1.165) is 5.39 Å². The molecule has 18 heavy (non-hydrogen) atoms. The van der Waals surface area contributed by atoms with Crippen LogP contribution in [0, 0.1) is 0 Å². The van der Waals surface area contributed by atoms with Gasteiger partial charge in [-0.05, 0) is 18.2 Å². The molecule has 0 amide bonds. The predicted octanol–water partition coefficient (Wildman–Crippen LogP) is 3.17. The third-order valence-electron chi connectivity index (χ3n) is 2.54. The van der Waals surface area contributed by atoms with Crippen LogP contribution in [0.5, 0.6) is 0 Å². The summed E-state index contributed by atoms with van der Waals surface area (Å²) in [5.74, 6) is -0.566. The molecule has 0 atom stereocenters. The number of fused-ring (bicyclic) bond motifs is 1. The third kappa shape index (κ3) is 1.74. The molecule has 5 nitrogen and oxygen atoms in total. The van der Waals surface area contributed by atoms with Crippen LogP contribution in [-0.2, 0) is 0 Å². The first-order valence-corrected chi connectivity index (χ1v) is 5.49.